The third-order valence-electron chi connectivity index (χ3n) is 4.41. The largest absolute Gasteiger partial charge is 0.480 e. The van der Waals surface area contributed by atoms with Gasteiger partial charge < -0.3 is 19.7 Å². The number of carboxylic acids is 1. The number of fused-ring (bicyclic) bond motifs is 1. The Bertz CT molecular complexity index is 783. The number of aromatic nitrogens is 1. The summed E-state index contributed by atoms with van der Waals surface area (Å²) in [7, 11) is 0. The van der Waals surface area contributed by atoms with Crippen LogP contribution < -0.4 is 0 Å². The molecule has 2 heterocycles. The number of aromatic amines is 1. The average Bonchev–Trinajstić information content (AvgIpc) is 2.98. The Morgan fingerprint density at radius 2 is 2.04 bits per heavy atom. The SMILES string of the molecule is CCOC(=O)N1CCN(C(C(=O)O)c2c[nH]c3ccc(Br)cc23)CC1. The van der Waals surface area contributed by atoms with E-state index >= 15 is 0 Å². The summed E-state index contributed by atoms with van der Waals surface area (Å²) in [5, 5.41) is 10.7. The molecule has 1 fully saturated rings. The van der Waals surface area contributed by atoms with Gasteiger partial charge in [-0.1, -0.05) is 15.9 Å². The molecule has 8 heteroatoms. The second kappa shape index (κ2) is 7.45. The lowest BCUT2D eigenvalue weighted by molar-refractivity contribution is -0.144. The molecular formula is C17H20BrN3O4. The zero-order valence-electron chi connectivity index (χ0n) is 13.9. The normalized spacial score (nSPS) is 16.8. The van der Waals surface area contributed by atoms with E-state index in [2.05, 4.69) is 20.9 Å². The molecule has 2 N–H and O–H groups in total. The maximum Gasteiger partial charge on any atom is 0.409 e. The number of nitrogens with zero attached hydrogens (tertiary/aromatic N) is 2. The number of carbonyl (C=O) groups excluding carboxylic acids is 1. The third kappa shape index (κ3) is 3.64. The van der Waals surface area contributed by atoms with Gasteiger partial charge in [0.05, 0.1) is 6.61 Å². The topological polar surface area (TPSA) is 85.9 Å². The number of carbonyl (C=O) groups is 2. The summed E-state index contributed by atoms with van der Waals surface area (Å²) >= 11 is 3.44. The van der Waals surface area contributed by atoms with Gasteiger partial charge in [0.25, 0.3) is 0 Å². The molecule has 0 saturated carbocycles. The minimum absolute atomic E-state index is 0.334. The van der Waals surface area contributed by atoms with Gasteiger partial charge in [-0.2, -0.15) is 0 Å². The number of halogens is 1. The highest BCUT2D eigenvalue weighted by atomic mass is 79.9. The second-order valence-corrected chi connectivity index (χ2v) is 6.81. The fourth-order valence-corrected chi connectivity index (χ4v) is 3.57. The zero-order chi connectivity index (χ0) is 18.0. The molecule has 1 unspecified atom stereocenters. The van der Waals surface area contributed by atoms with Gasteiger partial charge in [0.1, 0.15) is 6.04 Å². The van der Waals surface area contributed by atoms with Crippen molar-refractivity contribution in [2.24, 2.45) is 0 Å². The number of hydrogen-bond acceptors (Lipinski definition) is 4. The van der Waals surface area contributed by atoms with E-state index in [1.165, 1.54) is 0 Å². The molecule has 1 aromatic heterocycles. The molecule has 2 aromatic rings. The van der Waals surface area contributed by atoms with Crippen molar-refractivity contribution in [2.75, 3.05) is 32.8 Å². The van der Waals surface area contributed by atoms with Crippen LogP contribution in [0.3, 0.4) is 0 Å². The van der Waals surface area contributed by atoms with Gasteiger partial charge in [-0.25, -0.2) is 4.79 Å². The Labute approximate surface area is 153 Å². The Hall–Kier alpha value is -2.06. The van der Waals surface area contributed by atoms with E-state index in [4.69, 9.17) is 4.74 Å². The van der Waals surface area contributed by atoms with E-state index < -0.39 is 12.0 Å². The number of aliphatic carboxylic acids is 1. The lowest BCUT2D eigenvalue weighted by Crippen LogP contribution is -2.51. The van der Waals surface area contributed by atoms with Crippen LogP contribution in [-0.2, 0) is 9.53 Å². The van der Waals surface area contributed by atoms with E-state index in [9.17, 15) is 14.7 Å². The number of nitrogens with one attached hydrogen (secondary N) is 1. The molecule has 25 heavy (non-hydrogen) atoms. The number of ether oxygens (including phenoxy) is 1. The van der Waals surface area contributed by atoms with Crippen LogP contribution in [0, 0.1) is 0 Å². The minimum atomic E-state index is -0.898. The zero-order valence-corrected chi connectivity index (χ0v) is 15.5. The van der Waals surface area contributed by atoms with Crippen LogP contribution in [0.5, 0.6) is 0 Å². The van der Waals surface area contributed by atoms with E-state index in [0.29, 0.717) is 32.8 Å². The van der Waals surface area contributed by atoms with Gasteiger partial charge >= 0.3 is 12.1 Å². The van der Waals surface area contributed by atoms with Gasteiger partial charge in [0.15, 0.2) is 0 Å². The Morgan fingerprint density at radius 3 is 2.68 bits per heavy atom. The molecule has 0 bridgehead atoms. The molecule has 1 saturated heterocycles. The summed E-state index contributed by atoms with van der Waals surface area (Å²) in [5.41, 5.74) is 1.63. The maximum absolute atomic E-state index is 12.0. The lowest BCUT2D eigenvalue weighted by Gasteiger charge is -2.37. The van der Waals surface area contributed by atoms with Gasteiger partial charge in [0, 0.05) is 53.3 Å². The smallest absolute Gasteiger partial charge is 0.409 e. The van der Waals surface area contributed by atoms with Crippen LogP contribution in [-0.4, -0.2) is 64.7 Å². The van der Waals surface area contributed by atoms with Gasteiger partial charge in [-0.15, -0.1) is 0 Å². The van der Waals surface area contributed by atoms with Crippen molar-refractivity contribution >= 4 is 38.9 Å². The monoisotopic (exact) mass is 409 g/mol. The van der Waals surface area contributed by atoms with E-state index in [-0.39, 0.29) is 6.09 Å². The number of H-pyrrole nitrogens is 1. The lowest BCUT2D eigenvalue weighted by atomic mass is 10.0. The first-order chi connectivity index (χ1) is 12.0. The highest BCUT2D eigenvalue weighted by Crippen LogP contribution is 2.31. The van der Waals surface area contributed by atoms with Crippen LogP contribution in [0.2, 0.25) is 0 Å². The summed E-state index contributed by atoms with van der Waals surface area (Å²) in [6.07, 6.45) is 1.42. The fraction of sp³-hybridized carbons (Fsp3) is 0.412. The number of benzene rings is 1. The number of hydrogen-bond donors (Lipinski definition) is 2. The second-order valence-electron chi connectivity index (χ2n) is 5.90. The molecule has 3 rings (SSSR count). The van der Waals surface area contributed by atoms with Crippen molar-refractivity contribution in [2.45, 2.75) is 13.0 Å². The van der Waals surface area contributed by atoms with Crippen molar-refractivity contribution in [3.05, 3.63) is 34.4 Å². The minimum Gasteiger partial charge on any atom is -0.480 e. The number of piperazine rings is 1. The van der Waals surface area contributed by atoms with Crippen molar-refractivity contribution in [1.82, 2.24) is 14.8 Å². The molecule has 1 amide bonds. The first-order valence-electron chi connectivity index (χ1n) is 8.16. The quantitative estimate of drug-likeness (QED) is 0.810. The van der Waals surface area contributed by atoms with Crippen LogP contribution >= 0.6 is 15.9 Å². The van der Waals surface area contributed by atoms with E-state index in [1.54, 1.807) is 18.0 Å². The number of amides is 1. The Morgan fingerprint density at radius 1 is 1.32 bits per heavy atom. The molecule has 134 valence electrons. The summed E-state index contributed by atoms with van der Waals surface area (Å²) in [6.45, 7) is 3.97. The fourth-order valence-electron chi connectivity index (χ4n) is 3.20. The van der Waals surface area contributed by atoms with Gasteiger partial charge in [-0.05, 0) is 25.1 Å². The van der Waals surface area contributed by atoms with Gasteiger partial charge in [-0.3, -0.25) is 9.69 Å². The molecular weight excluding hydrogens is 390 g/mol. The molecule has 1 aliphatic heterocycles. The summed E-state index contributed by atoms with van der Waals surface area (Å²) in [5.74, 6) is -0.898. The Kier molecular flexibility index (Phi) is 5.29. The summed E-state index contributed by atoms with van der Waals surface area (Å²) < 4.78 is 5.91. The predicted octanol–water partition coefficient (Wildman–Crippen LogP) is 2.83. The number of rotatable bonds is 4. The van der Waals surface area contributed by atoms with E-state index in [0.717, 1.165) is 20.9 Å². The molecule has 1 atom stereocenters. The standard InChI is InChI=1S/C17H20BrN3O4/c1-2-25-17(24)21-7-5-20(6-8-21)15(16(22)23)13-10-19-14-4-3-11(18)9-12(13)14/h3-4,9-10,15,19H,2,5-8H2,1H3,(H,22,23). The first-order valence-corrected chi connectivity index (χ1v) is 8.95. The van der Waals surface area contributed by atoms with Gasteiger partial charge in [0.2, 0.25) is 0 Å². The highest BCUT2D eigenvalue weighted by molar-refractivity contribution is 9.10. The molecule has 1 aliphatic rings. The van der Waals surface area contributed by atoms with Crippen molar-refractivity contribution in [3.63, 3.8) is 0 Å². The van der Waals surface area contributed by atoms with Crippen molar-refractivity contribution in [1.29, 1.82) is 0 Å². The molecule has 0 spiro atoms. The van der Waals surface area contributed by atoms with Crippen molar-refractivity contribution < 1.29 is 19.4 Å². The molecule has 0 aliphatic carbocycles. The average molecular weight is 410 g/mol. The summed E-state index contributed by atoms with van der Waals surface area (Å²) in [4.78, 5) is 30.4. The molecule has 7 nitrogen and oxygen atoms in total. The number of carboxylic acid groups (broad SMARTS) is 1. The van der Waals surface area contributed by atoms with Crippen molar-refractivity contribution in [3.8, 4) is 0 Å². The van der Waals surface area contributed by atoms with Crippen LogP contribution in [0.4, 0.5) is 4.79 Å². The van der Waals surface area contributed by atoms with Crippen LogP contribution in [0.1, 0.15) is 18.5 Å². The van der Waals surface area contributed by atoms with Crippen LogP contribution in [0.15, 0.2) is 28.9 Å². The predicted molar refractivity (Wildman–Crippen MR) is 96.5 cm³/mol. The maximum atomic E-state index is 12.0. The third-order valence-corrected chi connectivity index (χ3v) is 4.90. The highest BCUT2D eigenvalue weighted by Gasteiger charge is 2.33. The molecule has 0 radical (unpaired) electrons. The van der Waals surface area contributed by atoms with Crippen LogP contribution in [0.25, 0.3) is 10.9 Å². The summed E-state index contributed by atoms with van der Waals surface area (Å²) in [6, 6.07) is 5.00. The Balaban J connectivity index is 1.82. The first kappa shape index (κ1) is 17.8. The molecule has 1 aromatic carbocycles. The van der Waals surface area contributed by atoms with E-state index in [1.807, 2.05) is 23.1 Å².